The fourth-order valence-corrected chi connectivity index (χ4v) is 2.51. The number of benzene rings is 2. The molecule has 2 aromatic rings. The van der Waals surface area contributed by atoms with Gasteiger partial charge in [0.25, 0.3) is 11.8 Å². The number of amides is 4. The number of ether oxygens (including phenoxy) is 1. The van der Waals surface area contributed by atoms with Crippen molar-refractivity contribution >= 4 is 23.5 Å². The van der Waals surface area contributed by atoms with Gasteiger partial charge in [-0.2, -0.15) is 0 Å². The van der Waals surface area contributed by atoms with Gasteiger partial charge in [0, 0.05) is 5.69 Å². The lowest BCUT2D eigenvalue weighted by Gasteiger charge is -2.15. The fraction of sp³-hybridized carbons (Fsp3) is 0.167. The van der Waals surface area contributed by atoms with E-state index in [9.17, 15) is 14.4 Å². The minimum Gasteiger partial charge on any atom is -0.494 e. The van der Waals surface area contributed by atoms with E-state index in [4.69, 9.17) is 4.74 Å². The molecule has 2 N–H and O–H groups in total. The zero-order chi connectivity index (χ0) is 17.8. The molecule has 25 heavy (non-hydrogen) atoms. The van der Waals surface area contributed by atoms with Crippen molar-refractivity contribution in [1.29, 1.82) is 0 Å². The summed E-state index contributed by atoms with van der Waals surface area (Å²) in [5, 5.41) is 5.14. The molecule has 0 aromatic heterocycles. The average Bonchev–Trinajstić information content (AvgIpc) is 2.86. The van der Waals surface area contributed by atoms with Gasteiger partial charge in [-0.3, -0.25) is 14.5 Å². The summed E-state index contributed by atoms with van der Waals surface area (Å²) in [6.07, 6.45) is 0. The van der Waals surface area contributed by atoms with Crippen LogP contribution in [0.25, 0.3) is 0 Å². The van der Waals surface area contributed by atoms with Gasteiger partial charge in [0.2, 0.25) is 0 Å². The number of rotatable bonds is 5. The standard InChI is InChI=1S/C18H17N3O4/c1-2-25-13-9-7-12(8-10-13)20-18(24)19-11-21-16(22)14-5-3-4-6-15(14)17(21)23/h3-10H,2,11H2,1H3,(H2,19,20,24). The third-order valence-electron chi connectivity index (χ3n) is 3.70. The van der Waals surface area contributed by atoms with Crippen LogP contribution in [0, 0.1) is 0 Å². The molecule has 0 radical (unpaired) electrons. The van der Waals surface area contributed by atoms with Crippen LogP contribution < -0.4 is 15.4 Å². The van der Waals surface area contributed by atoms with Crippen LogP contribution in [-0.4, -0.2) is 36.0 Å². The summed E-state index contributed by atoms with van der Waals surface area (Å²) < 4.78 is 5.33. The monoisotopic (exact) mass is 339 g/mol. The van der Waals surface area contributed by atoms with E-state index >= 15 is 0 Å². The lowest BCUT2D eigenvalue weighted by atomic mass is 10.1. The molecule has 0 aliphatic carbocycles. The van der Waals surface area contributed by atoms with Crippen molar-refractivity contribution in [3.63, 3.8) is 0 Å². The molecule has 0 spiro atoms. The largest absolute Gasteiger partial charge is 0.494 e. The van der Waals surface area contributed by atoms with Gasteiger partial charge in [0.05, 0.1) is 17.7 Å². The fourth-order valence-electron chi connectivity index (χ4n) is 2.51. The first-order valence-corrected chi connectivity index (χ1v) is 7.83. The first-order valence-electron chi connectivity index (χ1n) is 7.83. The van der Waals surface area contributed by atoms with Crippen LogP contribution >= 0.6 is 0 Å². The van der Waals surface area contributed by atoms with Gasteiger partial charge in [0.1, 0.15) is 12.4 Å². The molecule has 0 bridgehead atoms. The SMILES string of the molecule is CCOc1ccc(NC(=O)NCN2C(=O)c3ccccc3C2=O)cc1. The highest BCUT2D eigenvalue weighted by Crippen LogP contribution is 2.21. The Morgan fingerprint density at radius 3 is 2.16 bits per heavy atom. The lowest BCUT2D eigenvalue weighted by molar-refractivity contribution is 0.0648. The number of nitrogens with one attached hydrogen (secondary N) is 2. The van der Waals surface area contributed by atoms with Crippen molar-refractivity contribution in [2.75, 3.05) is 18.6 Å². The molecule has 1 aliphatic heterocycles. The zero-order valence-electron chi connectivity index (χ0n) is 13.6. The van der Waals surface area contributed by atoms with Crippen LogP contribution in [-0.2, 0) is 0 Å². The van der Waals surface area contributed by atoms with Crippen molar-refractivity contribution in [3.8, 4) is 5.75 Å². The van der Waals surface area contributed by atoms with E-state index in [1.54, 1.807) is 48.5 Å². The van der Waals surface area contributed by atoms with E-state index in [0.29, 0.717) is 29.2 Å². The van der Waals surface area contributed by atoms with Crippen molar-refractivity contribution in [2.45, 2.75) is 6.92 Å². The van der Waals surface area contributed by atoms with Gasteiger partial charge >= 0.3 is 6.03 Å². The Hall–Kier alpha value is -3.35. The molecule has 128 valence electrons. The third kappa shape index (κ3) is 3.45. The minimum atomic E-state index is -0.513. The van der Waals surface area contributed by atoms with E-state index < -0.39 is 17.8 Å². The van der Waals surface area contributed by atoms with Gasteiger partial charge in [-0.25, -0.2) is 4.79 Å². The maximum atomic E-state index is 12.2. The highest BCUT2D eigenvalue weighted by molar-refractivity contribution is 6.21. The van der Waals surface area contributed by atoms with Crippen LogP contribution in [0.4, 0.5) is 10.5 Å². The third-order valence-corrected chi connectivity index (χ3v) is 3.70. The molecule has 1 aliphatic rings. The Bertz CT molecular complexity index is 782. The second-order valence-electron chi connectivity index (χ2n) is 5.33. The minimum absolute atomic E-state index is 0.199. The topological polar surface area (TPSA) is 87.7 Å². The van der Waals surface area contributed by atoms with Gasteiger partial charge in [-0.15, -0.1) is 0 Å². The first-order chi connectivity index (χ1) is 12.1. The van der Waals surface area contributed by atoms with Gasteiger partial charge < -0.3 is 15.4 Å². The molecule has 7 nitrogen and oxygen atoms in total. The Morgan fingerprint density at radius 2 is 1.60 bits per heavy atom. The zero-order valence-corrected chi connectivity index (χ0v) is 13.6. The highest BCUT2D eigenvalue weighted by Gasteiger charge is 2.35. The van der Waals surface area contributed by atoms with Crippen molar-refractivity contribution in [2.24, 2.45) is 0 Å². The molecular weight excluding hydrogens is 322 g/mol. The summed E-state index contributed by atoms with van der Waals surface area (Å²) in [4.78, 5) is 37.4. The van der Waals surface area contributed by atoms with Gasteiger partial charge in [-0.1, -0.05) is 12.1 Å². The molecule has 1 heterocycles. The van der Waals surface area contributed by atoms with Crippen LogP contribution in [0.15, 0.2) is 48.5 Å². The predicted octanol–water partition coefficient (Wildman–Crippen LogP) is 2.46. The second kappa shape index (κ2) is 7.04. The van der Waals surface area contributed by atoms with E-state index in [-0.39, 0.29) is 6.67 Å². The van der Waals surface area contributed by atoms with Crippen LogP contribution in [0.1, 0.15) is 27.6 Å². The molecule has 0 fully saturated rings. The molecule has 0 saturated heterocycles. The van der Waals surface area contributed by atoms with E-state index in [2.05, 4.69) is 10.6 Å². The normalized spacial score (nSPS) is 12.8. The molecular formula is C18H17N3O4. The Morgan fingerprint density at radius 1 is 1.00 bits per heavy atom. The molecule has 0 atom stereocenters. The Kier molecular flexibility index (Phi) is 4.65. The molecule has 4 amide bonds. The summed E-state index contributed by atoms with van der Waals surface area (Å²) in [6.45, 7) is 2.25. The van der Waals surface area contributed by atoms with E-state index in [1.807, 2.05) is 6.92 Å². The smallest absolute Gasteiger partial charge is 0.320 e. The van der Waals surface area contributed by atoms with Crippen LogP contribution in [0.2, 0.25) is 0 Å². The number of fused-ring (bicyclic) bond motifs is 1. The molecule has 7 heteroatoms. The molecule has 0 saturated carbocycles. The maximum Gasteiger partial charge on any atom is 0.320 e. The predicted molar refractivity (Wildman–Crippen MR) is 91.6 cm³/mol. The Labute approximate surface area is 144 Å². The molecule has 2 aromatic carbocycles. The number of urea groups is 1. The summed E-state index contributed by atoms with van der Waals surface area (Å²) in [5.74, 6) is -0.122. The van der Waals surface area contributed by atoms with Crippen LogP contribution in [0.5, 0.6) is 5.75 Å². The number of imide groups is 1. The van der Waals surface area contributed by atoms with Crippen molar-refractivity contribution in [1.82, 2.24) is 10.2 Å². The number of anilines is 1. The summed E-state index contributed by atoms with van der Waals surface area (Å²) >= 11 is 0. The summed E-state index contributed by atoms with van der Waals surface area (Å²) in [6, 6.07) is 12.9. The second-order valence-corrected chi connectivity index (χ2v) is 5.33. The van der Waals surface area contributed by atoms with Gasteiger partial charge in [0.15, 0.2) is 0 Å². The van der Waals surface area contributed by atoms with Crippen molar-refractivity contribution < 1.29 is 19.1 Å². The maximum absolute atomic E-state index is 12.2. The number of carbonyl (C=O) groups is 3. The van der Waals surface area contributed by atoms with E-state index in [1.165, 1.54) is 0 Å². The van der Waals surface area contributed by atoms with Gasteiger partial charge in [-0.05, 0) is 43.3 Å². The Balaban J connectivity index is 1.56. The number of hydrogen-bond donors (Lipinski definition) is 2. The average molecular weight is 339 g/mol. The summed E-state index contributed by atoms with van der Waals surface area (Å²) in [7, 11) is 0. The summed E-state index contributed by atoms with van der Waals surface area (Å²) in [5.41, 5.74) is 1.27. The first kappa shape index (κ1) is 16.5. The lowest BCUT2D eigenvalue weighted by Crippen LogP contribution is -2.42. The van der Waals surface area contributed by atoms with Crippen LogP contribution in [0.3, 0.4) is 0 Å². The number of hydrogen-bond acceptors (Lipinski definition) is 4. The van der Waals surface area contributed by atoms with E-state index in [0.717, 1.165) is 4.90 Å². The number of carbonyl (C=O) groups excluding carboxylic acids is 3. The van der Waals surface area contributed by atoms with Crippen molar-refractivity contribution in [3.05, 3.63) is 59.7 Å². The molecule has 3 rings (SSSR count). The molecule has 0 unspecified atom stereocenters. The number of nitrogens with zero attached hydrogens (tertiary/aromatic N) is 1. The quantitative estimate of drug-likeness (QED) is 0.819. The highest BCUT2D eigenvalue weighted by atomic mass is 16.5.